The van der Waals surface area contributed by atoms with E-state index in [1.807, 2.05) is 0 Å². The van der Waals surface area contributed by atoms with E-state index in [0.717, 1.165) is 12.1 Å². The summed E-state index contributed by atoms with van der Waals surface area (Å²) in [6, 6.07) is 3.24. The first-order chi connectivity index (χ1) is 8.91. The molecule has 0 bridgehead atoms. The van der Waals surface area contributed by atoms with Gasteiger partial charge in [0.15, 0.2) is 0 Å². The van der Waals surface area contributed by atoms with Gasteiger partial charge in [-0.15, -0.1) is 4.72 Å². The summed E-state index contributed by atoms with van der Waals surface area (Å²) in [4.78, 5) is 0. The van der Waals surface area contributed by atoms with Gasteiger partial charge in [-0.25, -0.2) is 0 Å². The van der Waals surface area contributed by atoms with Crippen molar-refractivity contribution in [3.05, 3.63) is 33.8 Å². The number of halogens is 4. The minimum absolute atomic E-state index is 0.345. The van der Waals surface area contributed by atoms with E-state index in [4.69, 9.17) is 0 Å². The van der Waals surface area contributed by atoms with Crippen molar-refractivity contribution in [3.63, 3.8) is 0 Å². The van der Waals surface area contributed by atoms with Crippen LogP contribution < -0.4 is 4.72 Å². The second-order valence-corrected chi connectivity index (χ2v) is 8.41. The molecule has 1 N–H and O–H groups in total. The molecule has 2 nitrogen and oxygen atoms in total. The first-order valence-electron chi connectivity index (χ1n) is 5.97. The first kappa shape index (κ1) is 17.8. The van der Waals surface area contributed by atoms with E-state index in [2.05, 4.69) is 20.7 Å². The smallest absolute Gasteiger partial charge is 0.416 e. The topological polar surface area (TPSA) is 35.1 Å². The van der Waals surface area contributed by atoms with Gasteiger partial charge in [-0.1, -0.05) is 15.9 Å². The Hall–Kier alpha value is -0.240. The van der Waals surface area contributed by atoms with Crippen molar-refractivity contribution in [2.45, 2.75) is 44.7 Å². The molecule has 1 aromatic rings. The number of hydrogen-bond donors (Lipinski definition) is 1. The van der Waals surface area contributed by atoms with Crippen molar-refractivity contribution in [3.8, 4) is 0 Å². The molecule has 0 radical (unpaired) electrons. The lowest BCUT2D eigenvalue weighted by Crippen LogP contribution is -2.40. The summed E-state index contributed by atoms with van der Waals surface area (Å²) in [5.41, 5.74) is -0.290. The standard InChI is InChI=1S/C13H17BrF3NOS/c1-8(18-20(19)12(2,3)4)9-5-10(13(15,16)17)7-11(14)6-9/h5-8,18H,1-4H3/t8-,20+/m1/s1. The van der Waals surface area contributed by atoms with Crippen LogP contribution in [-0.2, 0) is 17.5 Å². The van der Waals surface area contributed by atoms with E-state index >= 15 is 0 Å². The van der Waals surface area contributed by atoms with Crippen molar-refractivity contribution in [2.75, 3.05) is 0 Å². The van der Waals surface area contributed by atoms with Gasteiger partial charge in [-0.2, -0.15) is 13.2 Å². The molecule has 0 heterocycles. The highest BCUT2D eigenvalue weighted by atomic mass is 79.9. The van der Waals surface area contributed by atoms with Gasteiger partial charge >= 0.3 is 6.18 Å². The molecule has 0 saturated heterocycles. The van der Waals surface area contributed by atoms with Crippen LogP contribution in [0.3, 0.4) is 0 Å². The van der Waals surface area contributed by atoms with Gasteiger partial charge in [0.05, 0.1) is 11.6 Å². The average Bonchev–Trinajstić information content (AvgIpc) is 2.25. The van der Waals surface area contributed by atoms with Crippen LogP contribution >= 0.6 is 15.9 Å². The van der Waals surface area contributed by atoms with Gasteiger partial charge in [0.1, 0.15) is 4.75 Å². The van der Waals surface area contributed by atoms with E-state index < -0.39 is 33.9 Å². The summed E-state index contributed by atoms with van der Waals surface area (Å²) in [5.74, 6) is 0. The van der Waals surface area contributed by atoms with Crippen LogP contribution in [0.2, 0.25) is 0 Å². The number of nitrogens with one attached hydrogen (secondary N) is 1. The van der Waals surface area contributed by atoms with Crippen LogP contribution in [0, 0.1) is 0 Å². The van der Waals surface area contributed by atoms with Crippen molar-refractivity contribution >= 4 is 27.3 Å². The number of alkyl halides is 3. The maximum absolute atomic E-state index is 12.8. The molecule has 1 aromatic carbocycles. The second kappa shape index (κ2) is 6.25. The second-order valence-electron chi connectivity index (χ2n) is 5.49. The van der Waals surface area contributed by atoms with Gasteiger partial charge in [0, 0.05) is 15.8 Å². The fraction of sp³-hybridized carbons (Fsp3) is 0.538. The van der Waals surface area contributed by atoms with Gasteiger partial charge in [-0.05, 0) is 51.5 Å². The van der Waals surface area contributed by atoms with E-state index in [1.54, 1.807) is 33.8 Å². The SMILES string of the molecule is C[C@@H](N[S@@+]([O-])C(C)(C)C)c1cc(Br)cc(C(F)(F)F)c1. The molecule has 20 heavy (non-hydrogen) atoms. The first-order valence-corrected chi connectivity index (χ1v) is 7.91. The Morgan fingerprint density at radius 2 is 1.75 bits per heavy atom. The Labute approximate surface area is 128 Å². The third-order valence-electron chi connectivity index (χ3n) is 2.59. The minimum Gasteiger partial charge on any atom is -0.598 e. The van der Waals surface area contributed by atoms with Crippen molar-refractivity contribution < 1.29 is 17.7 Å². The Bertz CT molecular complexity index is 474. The maximum Gasteiger partial charge on any atom is 0.416 e. The number of hydrogen-bond acceptors (Lipinski definition) is 2. The van der Waals surface area contributed by atoms with Crippen LogP contribution in [0.5, 0.6) is 0 Å². The van der Waals surface area contributed by atoms with Gasteiger partial charge in [0.25, 0.3) is 0 Å². The summed E-state index contributed by atoms with van der Waals surface area (Å²) in [7, 11) is 0. The Balaban J connectivity index is 2.99. The van der Waals surface area contributed by atoms with E-state index in [9.17, 15) is 17.7 Å². The van der Waals surface area contributed by atoms with Crippen molar-refractivity contribution in [2.24, 2.45) is 0 Å². The molecule has 0 aliphatic heterocycles. The normalized spacial score (nSPS) is 16.1. The summed E-state index contributed by atoms with van der Waals surface area (Å²) in [5, 5.41) is 0. The highest BCUT2D eigenvalue weighted by Gasteiger charge is 2.32. The zero-order valence-corrected chi connectivity index (χ0v) is 14.0. The summed E-state index contributed by atoms with van der Waals surface area (Å²) < 4.78 is 53.0. The highest BCUT2D eigenvalue weighted by Crippen LogP contribution is 2.33. The third-order valence-corrected chi connectivity index (χ3v) is 4.73. The summed E-state index contributed by atoms with van der Waals surface area (Å²) in [6.45, 7) is 7.08. The van der Waals surface area contributed by atoms with E-state index in [-0.39, 0.29) is 0 Å². The molecule has 114 valence electrons. The molecule has 0 aliphatic carbocycles. The van der Waals surface area contributed by atoms with Gasteiger partial charge < -0.3 is 4.55 Å². The van der Waals surface area contributed by atoms with Crippen LogP contribution in [0.1, 0.15) is 44.9 Å². The van der Waals surface area contributed by atoms with Crippen molar-refractivity contribution in [1.82, 2.24) is 4.72 Å². The lowest BCUT2D eigenvalue weighted by Gasteiger charge is -2.26. The average molecular weight is 372 g/mol. The molecule has 7 heteroatoms. The molecule has 0 unspecified atom stereocenters. The van der Waals surface area contributed by atoms with Crippen molar-refractivity contribution in [1.29, 1.82) is 0 Å². The minimum atomic E-state index is -4.40. The zero-order chi connectivity index (χ0) is 15.7. The predicted octanol–water partition coefficient (Wildman–Crippen LogP) is 4.58. The van der Waals surface area contributed by atoms with Crippen LogP contribution in [0.15, 0.2) is 22.7 Å². The largest absolute Gasteiger partial charge is 0.598 e. The molecule has 0 saturated carbocycles. The molecule has 0 fully saturated rings. The molecule has 0 spiro atoms. The monoisotopic (exact) mass is 371 g/mol. The quantitative estimate of drug-likeness (QED) is 0.789. The molecule has 1 rings (SSSR count). The number of benzene rings is 1. The van der Waals surface area contributed by atoms with E-state index in [1.165, 1.54) is 0 Å². The lowest BCUT2D eigenvalue weighted by molar-refractivity contribution is -0.137. The molecule has 0 aliphatic rings. The number of rotatable bonds is 3. The molecule has 0 amide bonds. The Morgan fingerprint density at radius 1 is 1.20 bits per heavy atom. The van der Waals surface area contributed by atoms with Crippen LogP contribution in [-0.4, -0.2) is 9.30 Å². The summed E-state index contributed by atoms with van der Waals surface area (Å²) in [6.07, 6.45) is -4.40. The Morgan fingerprint density at radius 3 is 2.20 bits per heavy atom. The molecular formula is C13H17BrF3NOS. The summed E-state index contributed by atoms with van der Waals surface area (Å²) >= 11 is 1.73. The molecule has 0 aromatic heterocycles. The zero-order valence-electron chi connectivity index (χ0n) is 11.6. The lowest BCUT2D eigenvalue weighted by atomic mass is 10.1. The van der Waals surface area contributed by atoms with Crippen LogP contribution in [0.25, 0.3) is 0 Å². The fourth-order valence-electron chi connectivity index (χ4n) is 1.43. The maximum atomic E-state index is 12.8. The molecule has 2 atom stereocenters. The third kappa shape index (κ3) is 4.95. The van der Waals surface area contributed by atoms with Gasteiger partial charge in [0.2, 0.25) is 0 Å². The Kier molecular flexibility index (Phi) is 5.57. The van der Waals surface area contributed by atoms with Crippen LogP contribution in [0.4, 0.5) is 13.2 Å². The van der Waals surface area contributed by atoms with Gasteiger partial charge in [-0.3, -0.25) is 0 Å². The fourth-order valence-corrected chi connectivity index (χ4v) is 2.75. The predicted molar refractivity (Wildman–Crippen MR) is 78.6 cm³/mol. The van der Waals surface area contributed by atoms with E-state index in [0.29, 0.717) is 10.0 Å². The molecular weight excluding hydrogens is 355 g/mol. The highest BCUT2D eigenvalue weighted by molar-refractivity contribution is 9.10.